The molecule has 0 bridgehead atoms. The van der Waals surface area contributed by atoms with Gasteiger partial charge in [-0.2, -0.15) is 5.10 Å². The molecule has 2 N–H and O–H groups in total. The molecule has 0 radical (unpaired) electrons. The molecule has 6 heteroatoms. The van der Waals surface area contributed by atoms with E-state index in [9.17, 15) is 0 Å². The topological polar surface area (TPSA) is 62.3 Å². The van der Waals surface area contributed by atoms with Gasteiger partial charge < -0.3 is 15.2 Å². The van der Waals surface area contributed by atoms with E-state index in [1.165, 1.54) is 0 Å². The minimum Gasteiger partial charge on any atom is -0.493 e. The maximum absolute atomic E-state index is 5.82. The number of rotatable bonds is 6. The highest BCUT2D eigenvalue weighted by atomic mass is 32.1. The van der Waals surface area contributed by atoms with Gasteiger partial charge in [-0.25, -0.2) is 0 Å². The lowest BCUT2D eigenvalue weighted by Crippen LogP contribution is -2.10. The monoisotopic (exact) mass is 305 g/mol. The number of thiocarbonyl (C=S) groups is 1. The molecule has 0 spiro atoms. The van der Waals surface area contributed by atoms with Crippen LogP contribution in [0.5, 0.6) is 11.5 Å². The summed E-state index contributed by atoms with van der Waals surface area (Å²) in [5.74, 6) is 1.26. The van der Waals surface area contributed by atoms with E-state index >= 15 is 0 Å². The molecule has 0 aliphatic rings. The number of nitrogens with zero attached hydrogens (tertiary/aromatic N) is 2. The Balaban J connectivity index is 2.15. The third-order valence-electron chi connectivity index (χ3n) is 3.21. The summed E-state index contributed by atoms with van der Waals surface area (Å²) in [7, 11) is 3.50. The Bertz CT molecular complexity index is 652. The smallest absolute Gasteiger partial charge is 0.161 e. The second-order valence-corrected chi connectivity index (χ2v) is 5.06. The van der Waals surface area contributed by atoms with Crippen LogP contribution in [0, 0.1) is 0 Å². The molecule has 0 aliphatic carbocycles. The van der Waals surface area contributed by atoms with Gasteiger partial charge in [-0.1, -0.05) is 19.1 Å². The van der Waals surface area contributed by atoms with Crippen molar-refractivity contribution < 1.29 is 9.47 Å². The van der Waals surface area contributed by atoms with Crippen LogP contribution in [0.25, 0.3) is 0 Å². The van der Waals surface area contributed by atoms with E-state index in [-0.39, 0.29) is 0 Å². The number of hydrogen-bond acceptors (Lipinski definition) is 4. The number of aryl methyl sites for hydroxylation is 2. The van der Waals surface area contributed by atoms with Gasteiger partial charge in [0, 0.05) is 12.6 Å². The second-order valence-electron chi connectivity index (χ2n) is 4.62. The molecule has 1 heterocycles. The summed E-state index contributed by atoms with van der Waals surface area (Å²) in [6.07, 6.45) is 0.903. The largest absolute Gasteiger partial charge is 0.493 e. The maximum Gasteiger partial charge on any atom is 0.161 e. The molecular weight excluding hydrogens is 286 g/mol. The fourth-order valence-electron chi connectivity index (χ4n) is 1.97. The second kappa shape index (κ2) is 6.58. The number of aromatic nitrogens is 2. The van der Waals surface area contributed by atoms with Gasteiger partial charge in [-0.3, -0.25) is 4.68 Å². The van der Waals surface area contributed by atoms with Crippen molar-refractivity contribution in [2.24, 2.45) is 12.8 Å². The van der Waals surface area contributed by atoms with E-state index in [0.717, 1.165) is 23.4 Å². The number of ether oxygens (including phenoxy) is 2. The lowest BCUT2D eigenvalue weighted by molar-refractivity contribution is 0.275. The first kappa shape index (κ1) is 15.3. The summed E-state index contributed by atoms with van der Waals surface area (Å²) in [6.45, 7) is 2.50. The highest BCUT2D eigenvalue weighted by Crippen LogP contribution is 2.28. The highest BCUT2D eigenvalue weighted by Gasteiger charge is 2.09. The molecule has 2 rings (SSSR count). The van der Waals surface area contributed by atoms with Crippen LogP contribution in [0.4, 0.5) is 0 Å². The van der Waals surface area contributed by atoms with Gasteiger partial charge in [0.1, 0.15) is 11.6 Å². The Labute approximate surface area is 129 Å². The van der Waals surface area contributed by atoms with E-state index in [4.69, 9.17) is 27.4 Å². The first-order valence-corrected chi connectivity index (χ1v) is 7.08. The molecule has 0 fully saturated rings. The van der Waals surface area contributed by atoms with Gasteiger partial charge in [-0.05, 0) is 30.7 Å². The molecule has 5 nitrogen and oxygen atoms in total. The fraction of sp³-hybridized carbons (Fsp3) is 0.333. The van der Waals surface area contributed by atoms with Gasteiger partial charge in [0.05, 0.1) is 18.5 Å². The zero-order valence-electron chi connectivity index (χ0n) is 12.4. The predicted molar refractivity (Wildman–Crippen MR) is 85.8 cm³/mol. The molecule has 0 aliphatic heterocycles. The highest BCUT2D eigenvalue weighted by molar-refractivity contribution is 7.80. The third-order valence-corrected chi connectivity index (χ3v) is 3.45. The Morgan fingerprint density at radius 2 is 2.10 bits per heavy atom. The molecule has 0 saturated heterocycles. The van der Waals surface area contributed by atoms with Crippen molar-refractivity contribution >= 4 is 17.2 Å². The summed E-state index contributed by atoms with van der Waals surface area (Å²) in [5, 5.41) is 4.39. The van der Waals surface area contributed by atoms with Crippen LogP contribution in [0.15, 0.2) is 24.3 Å². The molecule has 0 amide bonds. The van der Waals surface area contributed by atoms with Crippen molar-refractivity contribution in [3.05, 3.63) is 41.2 Å². The van der Waals surface area contributed by atoms with Crippen LogP contribution < -0.4 is 15.2 Å². The summed E-state index contributed by atoms with van der Waals surface area (Å²) in [4.78, 5) is 0.332. The first-order chi connectivity index (χ1) is 10.0. The Kier molecular flexibility index (Phi) is 4.80. The molecule has 0 unspecified atom stereocenters. The summed E-state index contributed by atoms with van der Waals surface area (Å²) >= 11 is 4.96. The van der Waals surface area contributed by atoms with Gasteiger partial charge in [0.15, 0.2) is 11.5 Å². The molecule has 112 valence electrons. The van der Waals surface area contributed by atoms with Crippen molar-refractivity contribution in [1.82, 2.24) is 9.78 Å². The van der Waals surface area contributed by atoms with Crippen LogP contribution in [0.2, 0.25) is 0 Å². The average Bonchev–Trinajstić information content (AvgIpc) is 2.85. The van der Waals surface area contributed by atoms with E-state index in [0.29, 0.717) is 23.1 Å². The van der Waals surface area contributed by atoms with E-state index in [1.54, 1.807) is 13.2 Å². The van der Waals surface area contributed by atoms with Crippen LogP contribution in [-0.4, -0.2) is 21.9 Å². The van der Waals surface area contributed by atoms with E-state index in [1.807, 2.05) is 29.9 Å². The summed E-state index contributed by atoms with van der Waals surface area (Å²) in [5.41, 5.74) is 8.42. The summed E-state index contributed by atoms with van der Waals surface area (Å²) < 4.78 is 13.0. The van der Waals surface area contributed by atoms with E-state index < -0.39 is 0 Å². The van der Waals surface area contributed by atoms with Gasteiger partial charge >= 0.3 is 0 Å². The van der Waals surface area contributed by atoms with Crippen molar-refractivity contribution in [3.8, 4) is 11.5 Å². The molecule has 1 aromatic heterocycles. The van der Waals surface area contributed by atoms with Crippen LogP contribution in [0.3, 0.4) is 0 Å². The minimum atomic E-state index is 0.332. The number of nitrogens with two attached hydrogens (primary N) is 1. The SMILES string of the molecule is CCc1cc(COc2ccc(C(N)=S)cc2OC)n(C)n1. The standard InChI is InChI=1S/C15H19N3O2S/c1-4-11-8-12(18(2)17-11)9-20-13-6-5-10(15(16)21)7-14(13)19-3/h5-8H,4,9H2,1-3H3,(H2,16,21). The molecule has 2 aromatic rings. The molecule has 0 saturated carbocycles. The van der Waals surface area contributed by atoms with Gasteiger partial charge in [-0.15, -0.1) is 0 Å². The maximum atomic E-state index is 5.82. The number of benzene rings is 1. The fourth-order valence-corrected chi connectivity index (χ4v) is 2.10. The lowest BCUT2D eigenvalue weighted by atomic mass is 10.2. The van der Waals surface area contributed by atoms with Crippen molar-refractivity contribution in [2.75, 3.05) is 7.11 Å². The molecule has 21 heavy (non-hydrogen) atoms. The van der Waals surface area contributed by atoms with Crippen molar-refractivity contribution in [1.29, 1.82) is 0 Å². The van der Waals surface area contributed by atoms with E-state index in [2.05, 4.69) is 12.0 Å². The summed E-state index contributed by atoms with van der Waals surface area (Å²) in [6, 6.07) is 7.44. The zero-order valence-corrected chi connectivity index (χ0v) is 13.2. The van der Waals surface area contributed by atoms with Gasteiger partial charge in [0.25, 0.3) is 0 Å². The quantitative estimate of drug-likeness (QED) is 0.829. The lowest BCUT2D eigenvalue weighted by Gasteiger charge is -2.12. The zero-order chi connectivity index (χ0) is 15.4. The van der Waals surface area contributed by atoms with Gasteiger partial charge in [0.2, 0.25) is 0 Å². The first-order valence-electron chi connectivity index (χ1n) is 6.67. The Morgan fingerprint density at radius 3 is 2.67 bits per heavy atom. The predicted octanol–water partition coefficient (Wildman–Crippen LogP) is 2.20. The van der Waals surface area contributed by atoms with Crippen molar-refractivity contribution in [2.45, 2.75) is 20.0 Å². The third kappa shape index (κ3) is 3.52. The minimum absolute atomic E-state index is 0.332. The molecule has 1 aromatic carbocycles. The van der Waals surface area contributed by atoms with Crippen LogP contribution in [-0.2, 0) is 20.1 Å². The number of methoxy groups -OCH3 is 1. The Hall–Kier alpha value is -2.08. The Morgan fingerprint density at radius 1 is 1.33 bits per heavy atom. The number of hydrogen-bond donors (Lipinski definition) is 1. The molecule has 0 atom stereocenters. The van der Waals surface area contributed by atoms with Crippen molar-refractivity contribution in [3.63, 3.8) is 0 Å². The normalized spacial score (nSPS) is 10.4. The molecular formula is C15H19N3O2S. The average molecular weight is 305 g/mol. The van der Waals surface area contributed by atoms with Crippen LogP contribution in [0.1, 0.15) is 23.9 Å². The van der Waals surface area contributed by atoms with Crippen LogP contribution >= 0.6 is 12.2 Å².